The van der Waals surface area contributed by atoms with Crippen LogP contribution >= 0.6 is 68.0 Å². The number of likely N-dealkylation sites (N-methyl/N-ethyl adjacent to an activating group) is 1. The van der Waals surface area contributed by atoms with Crippen LogP contribution in [0.2, 0.25) is 0 Å². The Morgan fingerprint density at radius 3 is 2.12 bits per heavy atom. The molecule has 30 heteroatoms. The quantitative estimate of drug-likeness (QED) is 0.0462. The molecule has 516 valence electrons. The molecule has 5 amide bonds. The fourth-order valence-electron chi connectivity index (χ4n) is 12.6. The lowest BCUT2D eigenvalue weighted by Gasteiger charge is -2.29. The molecular weight excluding hydrogens is 1380 g/mol. The fourth-order valence-corrected chi connectivity index (χ4v) is 18.0. The first-order valence-corrected chi connectivity index (χ1v) is 37.8. The number of nitrogens with two attached hydrogens (primary N) is 1. The van der Waals surface area contributed by atoms with Gasteiger partial charge in [-0.1, -0.05) is 63.2 Å². The number of ketones is 1. The minimum atomic E-state index is -1.30. The minimum Gasteiger partial charge on any atom is -0.492 e. The molecule has 1 saturated carbocycles. The molecule has 1 saturated heterocycles. The minimum absolute atomic E-state index is 0.00508. The maximum atomic E-state index is 15.5. The van der Waals surface area contributed by atoms with Crippen molar-refractivity contribution in [2.75, 3.05) is 46.4 Å². The van der Waals surface area contributed by atoms with Crippen LogP contribution in [0.4, 0.5) is 0 Å². The van der Waals surface area contributed by atoms with Crippen LogP contribution < -0.4 is 26.4 Å². The summed E-state index contributed by atoms with van der Waals surface area (Å²) in [7, 11) is 1.40. The van der Waals surface area contributed by atoms with Gasteiger partial charge < -0.3 is 51.2 Å². The van der Waals surface area contributed by atoms with Crippen LogP contribution in [-0.4, -0.2) is 155 Å². The van der Waals surface area contributed by atoms with Crippen molar-refractivity contribution in [2.24, 2.45) is 23.5 Å². The van der Waals surface area contributed by atoms with E-state index in [-0.39, 0.29) is 82.3 Å². The van der Waals surface area contributed by atoms with Gasteiger partial charge in [-0.05, 0) is 87.0 Å². The molecular formula is C69H73N13O11S6. The van der Waals surface area contributed by atoms with Crippen molar-refractivity contribution in [3.05, 3.63) is 147 Å². The van der Waals surface area contributed by atoms with Crippen molar-refractivity contribution < 1.29 is 53.2 Å². The topological polar surface area (TPSA) is 337 Å². The highest BCUT2D eigenvalue weighted by molar-refractivity contribution is 7.15. The number of Topliss-reactive ketones (excluding diaryl/α,β-unsaturated/α-hetero) is 1. The molecule has 2 aromatic carbocycles. The van der Waals surface area contributed by atoms with Crippen LogP contribution in [0.25, 0.3) is 43.4 Å². The highest BCUT2D eigenvalue weighted by Crippen LogP contribution is 2.44. The lowest BCUT2D eigenvalue weighted by atomic mass is 9.82. The molecule has 99 heavy (non-hydrogen) atoms. The summed E-state index contributed by atoms with van der Waals surface area (Å²) >= 11 is 7.16. The normalized spacial score (nSPS) is 20.9. The number of aliphatic hydroxyl groups excluding tert-OH is 2. The average molecular weight is 1450 g/mol. The van der Waals surface area contributed by atoms with Crippen LogP contribution in [0.5, 0.6) is 5.75 Å². The number of nitrogens with one attached hydrogen (secondary N) is 3. The van der Waals surface area contributed by atoms with Gasteiger partial charge in [-0.25, -0.2) is 34.9 Å². The highest BCUT2D eigenvalue weighted by atomic mass is 32.1. The van der Waals surface area contributed by atoms with Crippen molar-refractivity contribution in [1.29, 1.82) is 0 Å². The summed E-state index contributed by atoms with van der Waals surface area (Å²) in [6.07, 6.45) is -0.0114. The summed E-state index contributed by atoms with van der Waals surface area (Å²) < 4.78 is 11.1. The molecule has 3 aliphatic rings. The lowest BCUT2D eigenvalue weighted by Crippen LogP contribution is -2.50. The SMILES string of the molecule is CCN(CC)CCOc1ccc(C[C@@H]2NC(=O)c3csc(n3)[C@H]([C@H](O)c3ccccc3)CC(=O)c3nc(sc3C)[C@H](CC(N)=O)NC(=O)c3csc(n3)-c3ccc(-c4nc(C(=O)NCC5CCC(C(=O)OC)CC5)cs4)nc3-c3csc(n3)-c3csc(n3)[C@@H]3[C@@H](C)[C@@H](O)CN3C2=O)cc1. The Morgan fingerprint density at radius 1 is 0.727 bits per heavy atom. The summed E-state index contributed by atoms with van der Waals surface area (Å²) in [4.78, 5) is 137. The fraction of sp³-hybridized carbons (Fsp3) is 0.391. The van der Waals surface area contributed by atoms with E-state index in [1.165, 1.54) is 57.8 Å². The first kappa shape index (κ1) is 70.4. The van der Waals surface area contributed by atoms with E-state index >= 15 is 4.79 Å². The maximum absolute atomic E-state index is 15.5. The predicted octanol–water partition coefficient (Wildman–Crippen LogP) is 9.90. The van der Waals surface area contributed by atoms with E-state index in [9.17, 15) is 39.0 Å². The van der Waals surface area contributed by atoms with Crippen LogP contribution in [0.3, 0.4) is 0 Å². The monoisotopic (exact) mass is 1450 g/mol. The third-order valence-electron chi connectivity index (χ3n) is 18.2. The number of primary amides is 1. The highest BCUT2D eigenvalue weighted by Gasteiger charge is 2.46. The Balaban J connectivity index is 0.907. The van der Waals surface area contributed by atoms with E-state index in [0.29, 0.717) is 96.1 Å². The number of rotatable bonds is 17. The first-order chi connectivity index (χ1) is 47.8. The third-order valence-corrected chi connectivity index (χ3v) is 23.8. The predicted molar refractivity (Wildman–Crippen MR) is 379 cm³/mol. The Bertz CT molecular complexity index is 4400. The van der Waals surface area contributed by atoms with Crippen molar-refractivity contribution in [3.8, 4) is 49.1 Å². The van der Waals surface area contributed by atoms with Gasteiger partial charge in [0.05, 0.1) is 54.4 Å². The molecule has 9 aromatic rings. The van der Waals surface area contributed by atoms with Crippen LogP contribution in [-0.2, 0) is 25.5 Å². The molecule has 7 aromatic heterocycles. The largest absolute Gasteiger partial charge is 0.492 e. The zero-order chi connectivity index (χ0) is 69.6. The molecule has 0 spiro atoms. The first-order valence-electron chi connectivity index (χ1n) is 32.5. The van der Waals surface area contributed by atoms with Gasteiger partial charge in [0.1, 0.15) is 83.3 Å². The van der Waals surface area contributed by atoms with Gasteiger partial charge in [0, 0.05) is 81.7 Å². The Hall–Kier alpha value is -8.46. The van der Waals surface area contributed by atoms with Gasteiger partial charge in [-0.2, -0.15) is 0 Å². The van der Waals surface area contributed by atoms with E-state index in [1.54, 1.807) is 65.0 Å². The second-order valence-electron chi connectivity index (χ2n) is 24.7. The number of methoxy groups -OCH3 is 1. The van der Waals surface area contributed by atoms with Gasteiger partial charge in [0.25, 0.3) is 17.7 Å². The number of aliphatic hydroxyl groups is 2. The number of amides is 5. The van der Waals surface area contributed by atoms with E-state index in [0.717, 1.165) is 55.1 Å². The molecule has 10 bridgehead atoms. The Morgan fingerprint density at radius 2 is 1.38 bits per heavy atom. The van der Waals surface area contributed by atoms with Gasteiger partial charge in [0.2, 0.25) is 11.8 Å². The number of hydrogen-bond donors (Lipinski definition) is 6. The number of nitrogens with zero attached hydrogens (tertiary/aromatic N) is 9. The summed E-state index contributed by atoms with van der Waals surface area (Å²) in [6, 6.07) is 16.6. The molecule has 2 fully saturated rings. The standard InChI is InChI=1S/C69H73N13O11S6/c1-6-81(7-2)23-24-93-41-19-15-37(16-20-41)25-46-68(90)82-29-53(84)35(3)57(82)67-79-51(34-98-67)65-75-47(30-96-65)56-42(21-22-44(72-56)64-78-48(31-97-64)59(87)71-28-38-13-17-40(18-14-38)69(91)92-5)62-76-49(32-94-62)60(88)73-45(27-54(70)85)66-80-55(36(4)99-66)52(83)26-43(58(86)39-11-9-8-10-12-39)63-77-50(33-95-63)61(89)74-46/h8-12,15-16,19-22,30-35,38,40,43,45-46,53,57-58,84,86H,6-7,13-14,17-18,23-29H2,1-5H3,(H2,70,85)(H,71,87)(H,73,88)(H,74,89)/t35-,38?,40?,43-,45-,46-,53-,57-,58+/m0/s1. The number of fused-ring (bicyclic) bond motifs is 16. The number of thiazole rings is 6. The van der Waals surface area contributed by atoms with E-state index in [2.05, 4.69) is 34.7 Å². The van der Waals surface area contributed by atoms with Gasteiger partial charge >= 0.3 is 5.97 Å². The van der Waals surface area contributed by atoms with E-state index < -0.39 is 71.6 Å². The summed E-state index contributed by atoms with van der Waals surface area (Å²) in [5.74, 6) is -4.46. The Kier molecular flexibility index (Phi) is 22.3. The summed E-state index contributed by atoms with van der Waals surface area (Å²) in [5, 5.41) is 43.5. The number of benzene rings is 2. The molecule has 7 atom stereocenters. The molecule has 0 unspecified atom stereocenters. The van der Waals surface area contributed by atoms with Gasteiger partial charge in [-0.15, -0.1) is 68.0 Å². The van der Waals surface area contributed by atoms with Crippen molar-refractivity contribution in [3.63, 3.8) is 0 Å². The number of esters is 1. The van der Waals surface area contributed by atoms with Crippen molar-refractivity contribution in [1.82, 2.24) is 60.6 Å². The van der Waals surface area contributed by atoms with Crippen molar-refractivity contribution in [2.45, 2.75) is 109 Å². The number of aryl methyl sites for hydroxylation is 1. The summed E-state index contributed by atoms with van der Waals surface area (Å²) in [6.45, 7) is 11.1. The maximum Gasteiger partial charge on any atom is 0.308 e. The Labute approximate surface area is 594 Å². The second-order valence-corrected chi connectivity index (χ2v) is 30.2. The van der Waals surface area contributed by atoms with Crippen LogP contribution in [0, 0.1) is 24.7 Å². The molecule has 9 heterocycles. The van der Waals surface area contributed by atoms with Gasteiger partial charge in [0.15, 0.2) is 5.78 Å². The lowest BCUT2D eigenvalue weighted by molar-refractivity contribution is -0.146. The van der Waals surface area contributed by atoms with E-state index in [1.807, 2.05) is 41.9 Å². The second kappa shape index (κ2) is 31.4. The molecule has 0 radical (unpaired) electrons. The summed E-state index contributed by atoms with van der Waals surface area (Å²) in [5.41, 5.74) is 9.37. The van der Waals surface area contributed by atoms with Crippen LogP contribution in [0.15, 0.2) is 93.6 Å². The van der Waals surface area contributed by atoms with Crippen LogP contribution in [0.1, 0.15) is 156 Å². The molecule has 7 N–H and O–H groups in total. The van der Waals surface area contributed by atoms with Gasteiger partial charge in [-0.3, -0.25) is 33.6 Å². The molecule has 12 rings (SSSR count). The average Bonchev–Trinajstić information content (AvgIpc) is 1.65. The number of ether oxygens (including phenoxy) is 2. The number of carbonyl (C=O) groups is 7. The smallest absolute Gasteiger partial charge is 0.308 e. The number of carbonyl (C=O) groups excluding carboxylic acids is 7. The molecule has 24 nitrogen and oxygen atoms in total. The molecule has 1 aliphatic carbocycles. The number of hydrogen-bond acceptors (Lipinski definition) is 25. The zero-order valence-electron chi connectivity index (χ0n) is 54.7. The zero-order valence-corrected chi connectivity index (χ0v) is 59.6. The number of aromatic nitrogens is 7. The molecule has 2 aliphatic heterocycles. The van der Waals surface area contributed by atoms with Crippen molar-refractivity contribution >= 4 is 109 Å². The van der Waals surface area contributed by atoms with E-state index in [4.69, 9.17) is 50.1 Å². The number of pyridine rings is 1. The third kappa shape index (κ3) is 16.1.